The molecule has 23 heavy (non-hydrogen) atoms. The number of carbonyl (C=O) groups is 1. The fraction of sp³-hybridized carbons (Fsp3) is 0.353. The van der Waals surface area contributed by atoms with E-state index in [4.69, 9.17) is 4.74 Å². The van der Waals surface area contributed by atoms with Gasteiger partial charge in [0.15, 0.2) is 5.16 Å². The van der Waals surface area contributed by atoms with Gasteiger partial charge in [-0.05, 0) is 24.3 Å². The predicted octanol–water partition coefficient (Wildman–Crippen LogP) is 2.66. The van der Waals surface area contributed by atoms with Gasteiger partial charge in [0.1, 0.15) is 11.9 Å². The van der Waals surface area contributed by atoms with Gasteiger partial charge in [0.25, 0.3) is 5.91 Å². The van der Waals surface area contributed by atoms with Crippen molar-refractivity contribution in [2.75, 3.05) is 19.3 Å². The van der Waals surface area contributed by atoms with Gasteiger partial charge in [0, 0.05) is 12.4 Å². The number of likely N-dealkylation sites (tertiary alicyclic amines) is 1. The number of rotatable bonds is 5. The van der Waals surface area contributed by atoms with Crippen molar-refractivity contribution in [2.24, 2.45) is 0 Å². The lowest BCUT2D eigenvalue weighted by Gasteiger charge is -2.39. The van der Waals surface area contributed by atoms with Crippen molar-refractivity contribution in [3.05, 3.63) is 47.8 Å². The summed E-state index contributed by atoms with van der Waals surface area (Å²) in [6.45, 7) is 3.30. The standard InChI is InChI=1S/C17H19N3O2S/c1-3-12-6-4-5-7-15(12)22-14-10-20(11-14)16(21)13-8-18-17(23-2)19-9-13/h4-9,14H,3,10-11H2,1-2H3. The monoisotopic (exact) mass is 329 g/mol. The Balaban J connectivity index is 1.57. The molecule has 3 rings (SSSR count). The number of para-hydroxylation sites is 1. The molecule has 1 amide bonds. The van der Waals surface area contributed by atoms with Crippen LogP contribution in [0.1, 0.15) is 22.8 Å². The molecule has 1 aliphatic heterocycles. The van der Waals surface area contributed by atoms with Crippen LogP contribution in [0.15, 0.2) is 41.8 Å². The van der Waals surface area contributed by atoms with E-state index >= 15 is 0 Å². The van der Waals surface area contributed by atoms with Crippen molar-refractivity contribution in [1.82, 2.24) is 14.9 Å². The number of aromatic nitrogens is 2. The molecule has 2 heterocycles. The first-order valence-corrected chi connectivity index (χ1v) is 8.83. The van der Waals surface area contributed by atoms with E-state index in [0.717, 1.165) is 12.2 Å². The Bertz CT molecular complexity index is 684. The van der Waals surface area contributed by atoms with Gasteiger partial charge in [-0.25, -0.2) is 9.97 Å². The van der Waals surface area contributed by atoms with E-state index in [1.54, 1.807) is 17.3 Å². The van der Waals surface area contributed by atoms with Crippen molar-refractivity contribution < 1.29 is 9.53 Å². The highest BCUT2D eigenvalue weighted by molar-refractivity contribution is 7.98. The van der Waals surface area contributed by atoms with E-state index in [-0.39, 0.29) is 12.0 Å². The first kappa shape index (κ1) is 15.8. The van der Waals surface area contributed by atoms with Crippen LogP contribution in [-0.2, 0) is 6.42 Å². The van der Waals surface area contributed by atoms with Gasteiger partial charge >= 0.3 is 0 Å². The van der Waals surface area contributed by atoms with Crippen molar-refractivity contribution in [2.45, 2.75) is 24.6 Å². The highest BCUT2D eigenvalue weighted by Gasteiger charge is 2.33. The summed E-state index contributed by atoms with van der Waals surface area (Å²) in [5.41, 5.74) is 1.72. The number of amides is 1. The molecule has 1 aliphatic rings. The average molecular weight is 329 g/mol. The summed E-state index contributed by atoms with van der Waals surface area (Å²) in [6.07, 6.45) is 6.06. The Labute approximate surface area is 140 Å². The largest absolute Gasteiger partial charge is 0.486 e. The second-order valence-electron chi connectivity index (χ2n) is 5.37. The number of carbonyl (C=O) groups excluding carboxylic acids is 1. The lowest BCUT2D eigenvalue weighted by Crippen LogP contribution is -2.56. The fourth-order valence-electron chi connectivity index (χ4n) is 2.48. The quantitative estimate of drug-likeness (QED) is 0.623. The Morgan fingerprint density at radius 1 is 1.30 bits per heavy atom. The average Bonchev–Trinajstić information content (AvgIpc) is 2.57. The molecular formula is C17H19N3O2S. The minimum absolute atomic E-state index is 0.0405. The predicted molar refractivity (Wildman–Crippen MR) is 90.0 cm³/mol. The Morgan fingerprint density at radius 3 is 2.65 bits per heavy atom. The van der Waals surface area contributed by atoms with Crippen LogP contribution in [0.2, 0.25) is 0 Å². The molecule has 0 aliphatic carbocycles. The van der Waals surface area contributed by atoms with E-state index in [1.807, 2.05) is 24.5 Å². The molecule has 1 aromatic carbocycles. The van der Waals surface area contributed by atoms with Gasteiger partial charge in [0.05, 0.1) is 18.7 Å². The summed E-state index contributed by atoms with van der Waals surface area (Å²) >= 11 is 1.46. The van der Waals surface area contributed by atoms with Gasteiger partial charge in [-0.3, -0.25) is 4.79 Å². The first-order valence-electron chi connectivity index (χ1n) is 7.61. The van der Waals surface area contributed by atoms with E-state index in [9.17, 15) is 4.79 Å². The van der Waals surface area contributed by atoms with Gasteiger partial charge in [-0.1, -0.05) is 36.9 Å². The Kier molecular flexibility index (Phi) is 4.81. The fourth-order valence-corrected chi connectivity index (χ4v) is 2.80. The number of nitrogens with zero attached hydrogens (tertiary/aromatic N) is 3. The highest BCUT2D eigenvalue weighted by Crippen LogP contribution is 2.23. The van der Waals surface area contributed by atoms with E-state index in [1.165, 1.54) is 17.3 Å². The third kappa shape index (κ3) is 3.47. The van der Waals surface area contributed by atoms with Gasteiger partial charge in [-0.15, -0.1) is 0 Å². The SMILES string of the molecule is CCc1ccccc1OC1CN(C(=O)c2cnc(SC)nc2)C1. The molecule has 120 valence electrons. The molecule has 1 aromatic heterocycles. The Morgan fingerprint density at radius 2 is 2.00 bits per heavy atom. The maximum Gasteiger partial charge on any atom is 0.257 e. The van der Waals surface area contributed by atoms with Crippen molar-refractivity contribution in [3.8, 4) is 5.75 Å². The first-order chi connectivity index (χ1) is 11.2. The molecule has 2 aromatic rings. The van der Waals surface area contributed by atoms with Gasteiger partial charge in [0.2, 0.25) is 0 Å². The minimum Gasteiger partial charge on any atom is -0.486 e. The molecule has 1 saturated heterocycles. The van der Waals surface area contributed by atoms with E-state index in [2.05, 4.69) is 23.0 Å². The normalized spacial score (nSPS) is 14.4. The molecule has 0 saturated carbocycles. The summed E-state index contributed by atoms with van der Waals surface area (Å²) in [7, 11) is 0. The molecule has 0 spiro atoms. The van der Waals surface area contributed by atoms with Crippen LogP contribution in [0, 0.1) is 0 Å². The van der Waals surface area contributed by atoms with Crippen LogP contribution < -0.4 is 4.74 Å². The molecular weight excluding hydrogens is 310 g/mol. The summed E-state index contributed by atoms with van der Waals surface area (Å²) in [6, 6.07) is 8.04. The zero-order valence-corrected chi connectivity index (χ0v) is 14.0. The summed E-state index contributed by atoms with van der Waals surface area (Å²) in [4.78, 5) is 22.4. The minimum atomic E-state index is -0.0405. The number of thioether (sulfide) groups is 1. The number of ether oxygens (including phenoxy) is 1. The van der Waals surface area contributed by atoms with Gasteiger partial charge in [-0.2, -0.15) is 0 Å². The van der Waals surface area contributed by atoms with E-state index < -0.39 is 0 Å². The smallest absolute Gasteiger partial charge is 0.257 e. The number of aryl methyl sites for hydroxylation is 1. The maximum atomic E-state index is 12.3. The Hall–Kier alpha value is -2.08. The molecule has 0 N–H and O–H groups in total. The summed E-state index contributed by atoms with van der Waals surface area (Å²) in [5.74, 6) is 0.876. The summed E-state index contributed by atoms with van der Waals surface area (Å²) < 4.78 is 6.00. The second kappa shape index (κ2) is 7.00. The topological polar surface area (TPSA) is 55.3 Å². The number of hydrogen-bond acceptors (Lipinski definition) is 5. The molecule has 1 fully saturated rings. The molecule has 5 nitrogen and oxygen atoms in total. The third-order valence-corrected chi connectivity index (χ3v) is 4.42. The zero-order chi connectivity index (χ0) is 16.2. The molecule has 0 atom stereocenters. The lowest BCUT2D eigenvalue weighted by atomic mass is 10.1. The van der Waals surface area contributed by atoms with Gasteiger partial charge < -0.3 is 9.64 Å². The highest BCUT2D eigenvalue weighted by atomic mass is 32.2. The van der Waals surface area contributed by atoms with Crippen molar-refractivity contribution >= 4 is 17.7 Å². The lowest BCUT2D eigenvalue weighted by molar-refractivity contribution is 0.0174. The van der Waals surface area contributed by atoms with Crippen LogP contribution in [-0.4, -0.2) is 46.2 Å². The third-order valence-electron chi connectivity index (χ3n) is 3.84. The van der Waals surface area contributed by atoms with Crippen LogP contribution in [0.3, 0.4) is 0 Å². The number of hydrogen-bond donors (Lipinski definition) is 0. The van der Waals surface area contributed by atoms with E-state index in [0.29, 0.717) is 23.8 Å². The van der Waals surface area contributed by atoms with Crippen molar-refractivity contribution in [1.29, 1.82) is 0 Å². The number of benzene rings is 1. The summed E-state index contributed by atoms with van der Waals surface area (Å²) in [5, 5.41) is 0.669. The van der Waals surface area contributed by atoms with Crippen LogP contribution in [0.5, 0.6) is 5.75 Å². The maximum absolute atomic E-state index is 12.3. The molecule has 6 heteroatoms. The molecule has 0 unspecified atom stereocenters. The molecule has 0 radical (unpaired) electrons. The van der Waals surface area contributed by atoms with Crippen LogP contribution in [0.4, 0.5) is 0 Å². The van der Waals surface area contributed by atoms with Crippen LogP contribution >= 0.6 is 11.8 Å². The zero-order valence-electron chi connectivity index (χ0n) is 13.2. The van der Waals surface area contributed by atoms with Crippen LogP contribution in [0.25, 0.3) is 0 Å². The molecule has 0 bridgehead atoms. The van der Waals surface area contributed by atoms with Crippen molar-refractivity contribution in [3.63, 3.8) is 0 Å². The second-order valence-corrected chi connectivity index (χ2v) is 6.14.